The van der Waals surface area contributed by atoms with E-state index in [1.54, 1.807) is 4.68 Å². The topological polar surface area (TPSA) is 55.9 Å². The van der Waals surface area contributed by atoms with Gasteiger partial charge in [-0.1, -0.05) is 19.1 Å². The summed E-state index contributed by atoms with van der Waals surface area (Å²) in [5.41, 5.74) is 2.54. The van der Waals surface area contributed by atoms with E-state index in [2.05, 4.69) is 35.5 Å². The maximum Gasteiger partial charge on any atom is 0.109 e. The molecule has 108 valence electrons. The fourth-order valence-corrected chi connectivity index (χ4v) is 3.07. The summed E-state index contributed by atoms with van der Waals surface area (Å²) in [7, 11) is 1.89. The number of fused-ring (bicyclic) bond motifs is 1. The van der Waals surface area contributed by atoms with E-state index in [-0.39, 0.29) is 5.41 Å². The first-order valence-electron chi connectivity index (χ1n) is 7.11. The summed E-state index contributed by atoms with van der Waals surface area (Å²) < 4.78 is 7.59. The number of furan rings is 1. The van der Waals surface area contributed by atoms with E-state index in [4.69, 9.17) is 4.42 Å². The van der Waals surface area contributed by atoms with Crippen LogP contribution in [0.25, 0.3) is 0 Å². The second-order valence-corrected chi connectivity index (χ2v) is 6.60. The molecule has 0 aliphatic heterocycles. The van der Waals surface area contributed by atoms with Crippen LogP contribution in [0.2, 0.25) is 0 Å². The number of aromatic nitrogens is 3. The Balaban J connectivity index is 1.78. The monoisotopic (exact) mass is 274 g/mol. The maximum atomic E-state index is 5.86. The van der Waals surface area contributed by atoms with E-state index >= 15 is 0 Å². The molecule has 0 saturated carbocycles. The number of hydrogen-bond donors (Lipinski definition) is 1. The molecule has 0 aromatic carbocycles. The number of aryl methyl sites for hydroxylation is 2. The molecule has 2 heterocycles. The number of rotatable bonds is 3. The van der Waals surface area contributed by atoms with Crippen LogP contribution in [0.3, 0.4) is 0 Å². The van der Waals surface area contributed by atoms with Gasteiger partial charge in [0.25, 0.3) is 0 Å². The number of hydrogen-bond acceptors (Lipinski definition) is 4. The summed E-state index contributed by atoms with van der Waals surface area (Å²) in [6.45, 7) is 7.35. The molecule has 1 N–H and O–H groups in total. The first-order chi connectivity index (χ1) is 9.43. The third-order valence-corrected chi connectivity index (χ3v) is 3.92. The van der Waals surface area contributed by atoms with Crippen molar-refractivity contribution in [3.05, 3.63) is 35.0 Å². The lowest BCUT2D eigenvalue weighted by Crippen LogP contribution is -2.32. The normalized spacial score (nSPS) is 20.9. The molecule has 1 aliphatic carbocycles. The molecular formula is C15H22N4O. The lowest BCUT2D eigenvalue weighted by molar-refractivity contribution is 0.233. The smallest absolute Gasteiger partial charge is 0.109 e. The molecule has 20 heavy (non-hydrogen) atoms. The minimum Gasteiger partial charge on any atom is -0.466 e. The summed E-state index contributed by atoms with van der Waals surface area (Å²) in [5, 5.41) is 11.7. The first-order valence-corrected chi connectivity index (χ1v) is 7.11. The molecule has 0 bridgehead atoms. The van der Waals surface area contributed by atoms with E-state index < -0.39 is 0 Å². The Morgan fingerprint density at radius 1 is 1.50 bits per heavy atom. The maximum absolute atomic E-state index is 5.86. The van der Waals surface area contributed by atoms with E-state index in [1.807, 2.05) is 20.2 Å². The fraction of sp³-hybridized carbons (Fsp3) is 0.600. The van der Waals surface area contributed by atoms with Crippen molar-refractivity contribution in [3.63, 3.8) is 0 Å². The van der Waals surface area contributed by atoms with Crippen molar-refractivity contribution in [1.29, 1.82) is 0 Å². The quantitative estimate of drug-likeness (QED) is 0.934. The minimum absolute atomic E-state index is 0.261. The molecule has 2 aromatic rings. The van der Waals surface area contributed by atoms with E-state index in [0.29, 0.717) is 6.04 Å². The lowest BCUT2D eigenvalue weighted by Gasteiger charge is -2.34. The van der Waals surface area contributed by atoms with Crippen LogP contribution >= 0.6 is 0 Å². The van der Waals surface area contributed by atoms with Crippen molar-refractivity contribution in [2.45, 2.75) is 46.2 Å². The van der Waals surface area contributed by atoms with Crippen molar-refractivity contribution in [2.24, 2.45) is 12.5 Å². The van der Waals surface area contributed by atoms with Crippen LogP contribution in [-0.4, -0.2) is 15.0 Å². The number of nitrogens with one attached hydrogen (secondary N) is 1. The van der Waals surface area contributed by atoms with Gasteiger partial charge in [0.1, 0.15) is 11.5 Å². The van der Waals surface area contributed by atoms with Crippen LogP contribution in [0.5, 0.6) is 0 Å². The molecule has 0 amide bonds. The molecule has 2 aromatic heterocycles. The zero-order chi connectivity index (χ0) is 14.3. The molecule has 0 radical (unpaired) electrons. The highest BCUT2D eigenvalue weighted by atomic mass is 16.3. The predicted octanol–water partition coefficient (Wildman–Crippen LogP) is 2.52. The highest BCUT2D eigenvalue weighted by Crippen LogP contribution is 2.42. The van der Waals surface area contributed by atoms with Gasteiger partial charge in [-0.2, -0.15) is 0 Å². The van der Waals surface area contributed by atoms with Crippen LogP contribution in [0.15, 0.2) is 16.7 Å². The van der Waals surface area contributed by atoms with Gasteiger partial charge in [-0.05, 0) is 24.8 Å². The molecule has 0 spiro atoms. The third-order valence-electron chi connectivity index (χ3n) is 3.92. The van der Waals surface area contributed by atoms with Crippen LogP contribution in [0, 0.1) is 12.3 Å². The van der Waals surface area contributed by atoms with Gasteiger partial charge < -0.3 is 9.73 Å². The predicted molar refractivity (Wildman–Crippen MR) is 76.1 cm³/mol. The van der Waals surface area contributed by atoms with Gasteiger partial charge in [0.15, 0.2) is 0 Å². The Labute approximate surface area is 119 Å². The summed E-state index contributed by atoms with van der Waals surface area (Å²) >= 11 is 0. The summed E-state index contributed by atoms with van der Waals surface area (Å²) in [4.78, 5) is 0. The van der Waals surface area contributed by atoms with Crippen molar-refractivity contribution < 1.29 is 4.42 Å². The van der Waals surface area contributed by atoms with Gasteiger partial charge >= 0.3 is 0 Å². The molecule has 0 fully saturated rings. The molecule has 1 atom stereocenters. The van der Waals surface area contributed by atoms with Crippen molar-refractivity contribution >= 4 is 0 Å². The minimum atomic E-state index is 0.261. The lowest BCUT2D eigenvalue weighted by atomic mass is 9.74. The summed E-state index contributed by atoms with van der Waals surface area (Å²) in [6, 6.07) is 2.49. The molecule has 0 saturated heterocycles. The van der Waals surface area contributed by atoms with Crippen molar-refractivity contribution in [1.82, 2.24) is 20.3 Å². The SMILES string of the molecule is Cc1cc2c(o1)CC(C)(C)CC2NCc1cn(C)nn1. The van der Waals surface area contributed by atoms with E-state index in [0.717, 1.165) is 36.6 Å². The molecule has 5 heteroatoms. The first kappa shape index (κ1) is 13.4. The molecule has 1 aliphatic rings. The highest BCUT2D eigenvalue weighted by Gasteiger charge is 2.34. The van der Waals surface area contributed by atoms with Crippen LogP contribution < -0.4 is 5.32 Å². The number of nitrogens with zero attached hydrogens (tertiary/aromatic N) is 3. The van der Waals surface area contributed by atoms with Gasteiger partial charge in [-0.25, -0.2) is 0 Å². The Kier molecular flexibility index (Phi) is 3.17. The van der Waals surface area contributed by atoms with Gasteiger partial charge in [0.05, 0.1) is 5.69 Å². The zero-order valence-electron chi connectivity index (χ0n) is 12.6. The second-order valence-electron chi connectivity index (χ2n) is 6.60. The van der Waals surface area contributed by atoms with Crippen molar-refractivity contribution in [3.8, 4) is 0 Å². The Morgan fingerprint density at radius 3 is 3.00 bits per heavy atom. The van der Waals surface area contributed by atoms with E-state index in [1.165, 1.54) is 5.56 Å². The van der Waals surface area contributed by atoms with Gasteiger partial charge in [-0.15, -0.1) is 5.10 Å². The summed E-state index contributed by atoms with van der Waals surface area (Å²) in [5.74, 6) is 2.13. The Bertz CT molecular complexity index is 611. The summed E-state index contributed by atoms with van der Waals surface area (Å²) in [6.07, 6.45) is 4.07. The Morgan fingerprint density at radius 2 is 2.30 bits per heavy atom. The standard InChI is InChI=1S/C15H22N4O/c1-10-5-12-13(6-15(2,3)7-14(12)20-10)16-8-11-9-19(4)18-17-11/h5,9,13,16H,6-8H2,1-4H3. The van der Waals surface area contributed by atoms with Crippen LogP contribution in [-0.2, 0) is 20.0 Å². The van der Waals surface area contributed by atoms with Gasteiger partial charge in [0, 0.05) is 37.8 Å². The molecule has 1 unspecified atom stereocenters. The van der Waals surface area contributed by atoms with Crippen LogP contribution in [0.4, 0.5) is 0 Å². The Hall–Kier alpha value is -1.62. The third kappa shape index (κ3) is 2.63. The van der Waals surface area contributed by atoms with Crippen LogP contribution in [0.1, 0.15) is 49.1 Å². The van der Waals surface area contributed by atoms with E-state index in [9.17, 15) is 0 Å². The molecular weight excluding hydrogens is 252 g/mol. The van der Waals surface area contributed by atoms with Gasteiger partial charge in [-0.3, -0.25) is 4.68 Å². The molecule has 3 rings (SSSR count). The van der Waals surface area contributed by atoms with Gasteiger partial charge in [0.2, 0.25) is 0 Å². The fourth-order valence-electron chi connectivity index (χ4n) is 3.07. The zero-order valence-corrected chi connectivity index (χ0v) is 12.6. The highest BCUT2D eigenvalue weighted by molar-refractivity contribution is 5.29. The largest absolute Gasteiger partial charge is 0.466 e. The molecule has 5 nitrogen and oxygen atoms in total. The van der Waals surface area contributed by atoms with Crippen molar-refractivity contribution in [2.75, 3.05) is 0 Å². The average molecular weight is 274 g/mol. The second kappa shape index (κ2) is 4.74. The average Bonchev–Trinajstić information content (AvgIpc) is 2.90.